The number of nitrogens with two attached hydrogens (primary N) is 1. The number of halogens is 1. The first kappa shape index (κ1) is 9.95. The number of hydrogen-bond donors (Lipinski definition) is 1. The molecule has 1 aromatic heterocycles. The average Bonchev–Trinajstić information content (AvgIpc) is 2.17. The van der Waals surface area contributed by atoms with Gasteiger partial charge in [-0.3, -0.25) is 9.78 Å². The van der Waals surface area contributed by atoms with Gasteiger partial charge in [-0.05, 0) is 12.1 Å². The SMILES string of the molecule is COC(Cl)c1ccc(C(N)=O)cn1. The highest BCUT2D eigenvalue weighted by Crippen LogP contribution is 2.17. The smallest absolute Gasteiger partial charge is 0.250 e. The molecule has 1 atom stereocenters. The van der Waals surface area contributed by atoms with E-state index in [1.165, 1.54) is 13.3 Å². The van der Waals surface area contributed by atoms with Gasteiger partial charge < -0.3 is 10.5 Å². The summed E-state index contributed by atoms with van der Waals surface area (Å²) >= 11 is 5.72. The van der Waals surface area contributed by atoms with Crippen LogP contribution >= 0.6 is 11.6 Å². The van der Waals surface area contributed by atoms with E-state index in [1.807, 2.05) is 0 Å². The fourth-order valence-electron chi connectivity index (χ4n) is 0.806. The Balaban J connectivity index is 2.87. The van der Waals surface area contributed by atoms with Crippen molar-refractivity contribution in [1.82, 2.24) is 4.98 Å². The summed E-state index contributed by atoms with van der Waals surface area (Å²) in [5.41, 5.74) is 5.33. The van der Waals surface area contributed by atoms with E-state index >= 15 is 0 Å². The summed E-state index contributed by atoms with van der Waals surface area (Å²) in [5, 5.41) is 0. The Kier molecular flexibility index (Phi) is 3.22. The Morgan fingerprint density at radius 3 is 2.77 bits per heavy atom. The van der Waals surface area contributed by atoms with Gasteiger partial charge in [-0.1, -0.05) is 11.6 Å². The highest BCUT2D eigenvalue weighted by Gasteiger charge is 2.08. The molecule has 0 saturated carbocycles. The van der Waals surface area contributed by atoms with Crippen LogP contribution < -0.4 is 5.73 Å². The van der Waals surface area contributed by atoms with E-state index in [1.54, 1.807) is 12.1 Å². The predicted octanol–water partition coefficient (Wildman–Crippen LogP) is 1.06. The van der Waals surface area contributed by atoms with Crippen LogP contribution in [0, 0.1) is 0 Å². The van der Waals surface area contributed by atoms with Crippen LogP contribution in [-0.4, -0.2) is 18.0 Å². The van der Waals surface area contributed by atoms with E-state index in [0.717, 1.165) is 0 Å². The Morgan fingerprint density at radius 2 is 2.38 bits per heavy atom. The van der Waals surface area contributed by atoms with Gasteiger partial charge in [-0.2, -0.15) is 0 Å². The number of methoxy groups -OCH3 is 1. The molecule has 70 valence electrons. The highest BCUT2D eigenvalue weighted by atomic mass is 35.5. The van der Waals surface area contributed by atoms with Gasteiger partial charge in [-0.25, -0.2) is 0 Å². The van der Waals surface area contributed by atoms with Crippen LogP contribution in [0.2, 0.25) is 0 Å². The molecule has 1 unspecified atom stereocenters. The maximum atomic E-state index is 10.7. The minimum absolute atomic E-state index is 0.351. The topological polar surface area (TPSA) is 65.2 Å². The Morgan fingerprint density at radius 1 is 1.69 bits per heavy atom. The largest absolute Gasteiger partial charge is 0.366 e. The van der Waals surface area contributed by atoms with Crippen LogP contribution in [0.25, 0.3) is 0 Å². The third-order valence-corrected chi connectivity index (χ3v) is 1.91. The molecule has 5 heteroatoms. The van der Waals surface area contributed by atoms with Gasteiger partial charge in [-0.15, -0.1) is 0 Å². The number of rotatable bonds is 3. The molecule has 0 spiro atoms. The lowest BCUT2D eigenvalue weighted by molar-refractivity contribution is 0.0999. The van der Waals surface area contributed by atoms with Crippen molar-refractivity contribution in [3.8, 4) is 0 Å². The van der Waals surface area contributed by atoms with Crippen LogP contribution in [0.1, 0.15) is 21.6 Å². The summed E-state index contributed by atoms with van der Waals surface area (Å²) in [6.45, 7) is 0. The zero-order valence-electron chi connectivity index (χ0n) is 7.03. The summed E-state index contributed by atoms with van der Waals surface area (Å²) < 4.78 is 4.82. The van der Waals surface area contributed by atoms with Crippen molar-refractivity contribution in [2.45, 2.75) is 5.56 Å². The number of carbonyl (C=O) groups excluding carboxylic acids is 1. The van der Waals surface area contributed by atoms with Crippen molar-refractivity contribution in [3.63, 3.8) is 0 Å². The molecule has 4 nitrogen and oxygen atoms in total. The molecule has 0 aliphatic carbocycles. The summed E-state index contributed by atoms with van der Waals surface area (Å²) in [7, 11) is 1.47. The zero-order valence-corrected chi connectivity index (χ0v) is 7.78. The van der Waals surface area contributed by atoms with Crippen molar-refractivity contribution in [2.24, 2.45) is 5.73 Å². The lowest BCUT2D eigenvalue weighted by Crippen LogP contribution is -2.11. The third-order valence-electron chi connectivity index (χ3n) is 1.51. The Bertz CT molecular complexity index is 300. The van der Waals surface area contributed by atoms with E-state index in [-0.39, 0.29) is 0 Å². The van der Waals surface area contributed by atoms with E-state index in [0.29, 0.717) is 11.3 Å². The van der Waals surface area contributed by atoms with Crippen LogP contribution in [0.3, 0.4) is 0 Å². The molecular formula is C8H9ClN2O2. The molecule has 1 amide bonds. The quantitative estimate of drug-likeness (QED) is 0.743. The fourth-order valence-corrected chi connectivity index (χ4v) is 0.935. The maximum Gasteiger partial charge on any atom is 0.250 e. The number of amides is 1. The molecule has 0 bridgehead atoms. The lowest BCUT2D eigenvalue weighted by atomic mass is 10.2. The number of primary amides is 1. The molecule has 2 N–H and O–H groups in total. The van der Waals surface area contributed by atoms with Crippen molar-refractivity contribution in [1.29, 1.82) is 0 Å². The van der Waals surface area contributed by atoms with Gasteiger partial charge in [0.05, 0.1) is 11.3 Å². The standard InChI is InChI=1S/C8H9ClN2O2/c1-13-7(9)6-3-2-5(4-11-6)8(10)12/h2-4,7H,1H3,(H2,10,12). The number of hydrogen-bond acceptors (Lipinski definition) is 3. The van der Waals surface area contributed by atoms with Gasteiger partial charge >= 0.3 is 0 Å². The monoisotopic (exact) mass is 200 g/mol. The van der Waals surface area contributed by atoms with E-state index < -0.39 is 11.5 Å². The van der Waals surface area contributed by atoms with Gasteiger partial charge in [0.15, 0.2) is 5.56 Å². The molecule has 1 heterocycles. The number of alkyl halides is 1. The summed E-state index contributed by atoms with van der Waals surface area (Å²) in [5.74, 6) is -0.511. The van der Waals surface area contributed by atoms with Crippen LogP contribution in [0.4, 0.5) is 0 Å². The molecule has 0 saturated heterocycles. The molecule has 1 aromatic rings. The summed E-state index contributed by atoms with van der Waals surface area (Å²) in [4.78, 5) is 14.6. The predicted molar refractivity (Wildman–Crippen MR) is 48.4 cm³/mol. The van der Waals surface area contributed by atoms with E-state index in [4.69, 9.17) is 22.1 Å². The first-order chi connectivity index (χ1) is 6.15. The summed E-state index contributed by atoms with van der Waals surface area (Å²) in [6.07, 6.45) is 1.37. The molecular weight excluding hydrogens is 192 g/mol. The van der Waals surface area contributed by atoms with Crippen molar-refractivity contribution >= 4 is 17.5 Å². The minimum Gasteiger partial charge on any atom is -0.366 e. The lowest BCUT2D eigenvalue weighted by Gasteiger charge is -2.05. The molecule has 0 aliphatic heterocycles. The molecule has 0 radical (unpaired) electrons. The second-order valence-electron chi connectivity index (χ2n) is 2.39. The molecule has 13 heavy (non-hydrogen) atoms. The van der Waals surface area contributed by atoms with Gasteiger partial charge in [0, 0.05) is 13.3 Å². The number of nitrogens with zero attached hydrogens (tertiary/aromatic N) is 1. The highest BCUT2D eigenvalue weighted by molar-refractivity contribution is 6.19. The number of ether oxygens (including phenoxy) is 1. The molecule has 0 aromatic carbocycles. The number of carbonyl (C=O) groups is 1. The first-order valence-electron chi connectivity index (χ1n) is 3.57. The molecule has 1 rings (SSSR count). The minimum atomic E-state index is -0.595. The second-order valence-corrected chi connectivity index (χ2v) is 2.78. The van der Waals surface area contributed by atoms with Crippen molar-refractivity contribution in [3.05, 3.63) is 29.6 Å². The van der Waals surface area contributed by atoms with Crippen molar-refractivity contribution in [2.75, 3.05) is 7.11 Å². The number of pyridine rings is 1. The maximum absolute atomic E-state index is 10.7. The molecule has 0 fully saturated rings. The second kappa shape index (κ2) is 4.20. The van der Waals surface area contributed by atoms with Gasteiger partial charge in [0.2, 0.25) is 5.91 Å². The average molecular weight is 201 g/mol. The third kappa shape index (κ3) is 2.40. The van der Waals surface area contributed by atoms with Gasteiger partial charge in [0.25, 0.3) is 0 Å². The number of aromatic nitrogens is 1. The van der Waals surface area contributed by atoms with E-state index in [2.05, 4.69) is 4.98 Å². The Labute approximate surface area is 80.7 Å². The first-order valence-corrected chi connectivity index (χ1v) is 4.01. The van der Waals surface area contributed by atoms with Crippen molar-refractivity contribution < 1.29 is 9.53 Å². The van der Waals surface area contributed by atoms with Crippen LogP contribution in [0.15, 0.2) is 18.3 Å². The van der Waals surface area contributed by atoms with Gasteiger partial charge in [0.1, 0.15) is 0 Å². The normalized spacial score (nSPS) is 12.5. The zero-order chi connectivity index (χ0) is 9.84. The Hall–Kier alpha value is -1.13. The van der Waals surface area contributed by atoms with Crippen LogP contribution in [-0.2, 0) is 4.74 Å². The van der Waals surface area contributed by atoms with E-state index in [9.17, 15) is 4.79 Å². The van der Waals surface area contributed by atoms with Crippen LogP contribution in [0.5, 0.6) is 0 Å². The molecule has 0 aliphatic rings. The fraction of sp³-hybridized carbons (Fsp3) is 0.250. The summed E-state index contributed by atoms with van der Waals surface area (Å²) in [6, 6.07) is 3.15.